The van der Waals surface area contributed by atoms with Gasteiger partial charge in [-0.25, -0.2) is 9.78 Å². The number of aromatic nitrogens is 1. The van der Waals surface area contributed by atoms with Crippen LogP contribution >= 0.6 is 23.2 Å². The maximum Gasteiger partial charge on any atom is 0.330 e. The highest BCUT2D eigenvalue weighted by atomic mass is 35.5. The average molecular weight is 574 g/mol. The molecule has 3 rings (SSSR count). The predicted octanol–water partition coefficient (Wildman–Crippen LogP) is 2.96. The van der Waals surface area contributed by atoms with E-state index < -0.39 is 29.7 Å². The van der Waals surface area contributed by atoms with Crippen LogP contribution in [0.2, 0.25) is 10.0 Å². The lowest BCUT2D eigenvalue weighted by Crippen LogP contribution is -2.50. The molecule has 1 atom stereocenters. The molecule has 3 amide bonds. The Morgan fingerprint density at radius 1 is 0.923 bits per heavy atom. The van der Waals surface area contributed by atoms with E-state index >= 15 is 0 Å². The number of methoxy groups -OCH3 is 2. The minimum atomic E-state index is -1.23. The van der Waals surface area contributed by atoms with Crippen molar-refractivity contribution >= 4 is 58.4 Å². The highest BCUT2D eigenvalue weighted by molar-refractivity contribution is 6.39. The molecular formula is C26H25Cl2N5O6. The molecule has 1 unspecified atom stereocenters. The van der Waals surface area contributed by atoms with Crippen molar-refractivity contribution in [3.05, 3.63) is 82.0 Å². The SMILES string of the molecule is COC(=O)C(CNC(=O)CNC(=O)c1cccc(Nc2ccc(OC)cn2)c1)NC(=O)c1c(Cl)cccc1Cl. The van der Waals surface area contributed by atoms with Gasteiger partial charge in [0.25, 0.3) is 11.8 Å². The van der Waals surface area contributed by atoms with E-state index in [2.05, 4.69) is 26.3 Å². The minimum absolute atomic E-state index is 0.0205. The van der Waals surface area contributed by atoms with E-state index in [1.165, 1.54) is 12.1 Å². The van der Waals surface area contributed by atoms with Gasteiger partial charge in [0.15, 0.2) is 0 Å². The molecule has 0 aliphatic carbocycles. The fourth-order valence-corrected chi connectivity index (χ4v) is 3.85. The van der Waals surface area contributed by atoms with Crippen LogP contribution in [0.5, 0.6) is 5.75 Å². The number of nitrogens with zero attached hydrogens (tertiary/aromatic N) is 1. The molecule has 39 heavy (non-hydrogen) atoms. The van der Waals surface area contributed by atoms with Crippen molar-refractivity contribution in [2.45, 2.75) is 6.04 Å². The summed E-state index contributed by atoms with van der Waals surface area (Å²) in [7, 11) is 2.68. The Morgan fingerprint density at radius 3 is 2.28 bits per heavy atom. The molecule has 1 aromatic heterocycles. The standard InChI is InChI=1S/C26H25Cl2N5O6/c1-38-17-9-10-21(29-12-17)32-16-6-3-5-15(11-16)24(35)31-14-22(34)30-13-20(26(37)39-2)33-25(36)23-18(27)7-4-8-19(23)28/h3-12,20H,13-14H2,1-2H3,(H,29,32)(H,30,34)(H,31,35)(H,33,36). The fraction of sp³-hybridized carbons (Fsp3) is 0.192. The lowest BCUT2D eigenvalue weighted by Gasteiger charge is -2.18. The third kappa shape index (κ3) is 8.32. The van der Waals surface area contributed by atoms with E-state index in [-0.39, 0.29) is 28.7 Å². The molecular weight excluding hydrogens is 549 g/mol. The molecule has 0 bridgehead atoms. The number of carbonyl (C=O) groups excluding carboxylic acids is 4. The van der Waals surface area contributed by atoms with E-state index in [1.54, 1.807) is 55.8 Å². The zero-order valence-electron chi connectivity index (χ0n) is 20.9. The van der Waals surface area contributed by atoms with Crippen LogP contribution in [0.3, 0.4) is 0 Å². The van der Waals surface area contributed by atoms with Gasteiger partial charge in [-0.3, -0.25) is 14.4 Å². The first-order valence-electron chi connectivity index (χ1n) is 11.5. The topological polar surface area (TPSA) is 148 Å². The highest BCUT2D eigenvalue weighted by Crippen LogP contribution is 2.24. The summed E-state index contributed by atoms with van der Waals surface area (Å²) in [4.78, 5) is 54.0. The van der Waals surface area contributed by atoms with Crippen LogP contribution in [0.4, 0.5) is 11.5 Å². The lowest BCUT2D eigenvalue weighted by molar-refractivity contribution is -0.142. The largest absolute Gasteiger partial charge is 0.495 e. The predicted molar refractivity (Wildman–Crippen MR) is 146 cm³/mol. The number of carbonyl (C=O) groups is 4. The second-order valence-corrected chi connectivity index (χ2v) is 8.74. The van der Waals surface area contributed by atoms with Crippen LogP contribution in [0.1, 0.15) is 20.7 Å². The molecule has 2 aromatic carbocycles. The smallest absolute Gasteiger partial charge is 0.330 e. The number of benzene rings is 2. The molecule has 3 aromatic rings. The summed E-state index contributed by atoms with van der Waals surface area (Å²) >= 11 is 12.1. The Kier molecular flexibility index (Phi) is 10.5. The Labute approximate surface area is 234 Å². The number of ether oxygens (including phenoxy) is 2. The maximum atomic E-state index is 12.6. The summed E-state index contributed by atoms with van der Waals surface area (Å²) in [6, 6.07) is 13.4. The third-order valence-electron chi connectivity index (χ3n) is 5.26. The number of hydrogen-bond donors (Lipinski definition) is 4. The van der Waals surface area contributed by atoms with Gasteiger partial charge in [0.05, 0.1) is 42.6 Å². The lowest BCUT2D eigenvalue weighted by atomic mass is 10.2. The number of nitrogens with one attached hydrogen (secondary N) is 4. The average Bonchev–Trinajstić information content (AvgIpc) is 2.94. The van der Waals surface area contributed by atoms with Gasteiger partial charge in [0, 0.05) is 17.8 Å². The first kappa shape index (κ1) is 29.2. The molecule has 13 heteroatoms. The quantitative estimate of drug-likeness (QED) is 0.256. The first-order chi connectivity index (χ1) is 18.7. The van der Waals surface area contributed by atoms with Crippen LogP contribution in [-0.4, -0.2) is 62.0 Å². The number of rotatable bonds is 11. The Bertz CT molecular complexity index is 1330. The van der Waals surface area contributed by atoms with Crippen molar-refractivity contribution < 1.29 is 28.7 Å². The second-order valence-electron chi connectivity index (χ2n) is 7.92. The van der Waals surface area contributed by atoms with Crippen molar-refractivity contribution in [2.24, 2.45) is 0 Å². The number of anilines is 2. The zero-order chi connectivity index (χ0) is 28.4. The van der Waals surface area contributed by atoms with Gasteiger partial charge in [-0.05, 0) is 42.5 Å². The zero-order valence-corrected chi connectivity index (χ0v) is 22.4. The fourth-order valence-electron chi connectivity index (χ4n) is 3.28. The minimum Gasteiger partial charge on any atom is -0.495 e. The van der Waals surface area contributed by atoms with Gasteiger partial charge >= 0.3 is 5.97 Å². The Morgan fingerprint density at radius 2 is 1.64 bits per heavy atom. The van der Waals surface area contributed by atoms with Crippen LogP contribution in [0.15, 0.2) is 60.8 Å². The van der Waals surface area contributed by atoms with Crippen molar-refractivity contribution in [1.82, 2.24) is 20.9 Å². The molecule has 1 heterocycles. The van der Waals surface area contributed by atoms with E-state index in [4.69, 9.17) is 32.7 Å². The molecule has 0 radical (unpaired) electrons. The second kappa shape index (κ2) is 14.0. The molecule has 204 valence electrons. The molecule has 0 saturated carbocycles. The molecule has 0 saturated heterocycles. The summed E-state index contributed by atoms with van der Waals surface area (Å²) < 4.78 is 9.79. The summed E-state index contributed by atoms with van der Waals surface area (Å²) in [5.74, 6) is -1.45. The maximum absolute atomic E-state index is 12.6. The number of halogens is 2. The Hall–Kier alpha value is -4.35. The normalized spacial score (nSPS) is 11.1. The first-order valence-corrected chi connectivity index (χ1v) is 12.2. The number of esters is 1. The molecule has 0 aliphatic heterocycles. The van der Waals surface area contributed by atoms with Crippen LogP contribution < -0.4 is 26.0 Å². The van der Waals surface area contributed by atoms with Crippen molar-refractivity contribution in [3.63, 3.8) is 0 Å². The van der Waals surface area contributed by atoms with Gasteiger partial charge in [-0.15, -0.1) is 0 Å². The molecule has 0 fully saturated rings. The number of pyridine rings is 1. The van der Waals surface area contributed by atoms with Crippen LogP contribution in [0.25, 0.3) is 0 Å². The van der Waals surface area contributed by atoms with Crippen molar-refractivity contribution in [1.29, 1.82) is 0 Å². The Balaban J connectivity index is 1.53. The molecule has 0 spiro atoms. The van der Waals surface area contributed by atoms with E-state index in [0.29, 0.717) is 22.8 Å². The molecule has 0 aliphatic rings. The summed E-state index contributed by atoms with van der Waals surface area (Å²) in [6.45, 7) is -0.682. The van der Waals surface area contributed by atoms with E-state index in [1.807, 2.05) is 0 Å². The van der Waals surface area contributed by atoms with Crippen LogP contribution in [-0.2, 0) is 14.3 Å². The summed E-state index contributed by atoms with van der Waals surface area (Å²) in [5, 5.41) is 10.7. The summed E-state index contributed by atoms with van der Waals surface area (Å²) in [6.07, 6.45) is 1.56. The highest BCUT2D eigenvalue weighted by Gasteiger charge is 2.25. The van der Waals surface area contributed by atoms with E-state index in [9.17, 15) is 19.2 Å². The molecule has 4 N–H and O–H groups in total. The monoisotopic (exact) mass is 573 g/mol. The van der Waals surface area contributed by atoms with Crippen LogP contribution in [0, 0.1) is 0 Å². The van der Waals surface area contributed by atoms with Crippen molar-refractivity contribution in [2.75, 3.05) is 32.6 Å². The van der Waals surface area contributed by atoms with E-state index in [0.717, 1.165) is 7.11 Å². The van der Waals surface area contributed by atoms with Gasteiger partial charge < -0.3 is 30.7 Å². The summed E-state index contributed by atoms with van der Waals surface area (Å²) in [5.41, 5.74) is 0.894. The van der Waals surface area contributed by atoms with Gasteiger partial charge in [0.2, 0.25) is 5.91 Å². The third-order valence-corrected chi connectivity index (χ3v) is 5.89. The number of hydrogen-bond acceptors (Lipinski definition) is 8. The van der Waals surface area contributed by atoms with Gasteiger partial charge in [-0.2, -0.15) is 0 Å². The number of amides is 3. The molecule has 11 nitrogen and oxygen atoms in total. The van der Waals surface area contributed by atoms with Gasteiger partial charge in [-0.1, -0.05) is 35.3 Å². The van der Waals surface area contributed by atoms with Crippen molar-refractivity contribution in [3.8, 4) is 5.75 Å². The van der Waals surface area contributed by atoms with Gasteiger partial charge in [0.1, 0.15) is 17.6 Å².